The van der Waals surface area contributed by atoms with Gasteiger partial charge in [0.2, 0.25) is 5.91 Å². The molecular weight excluding hydrogens is 438 g/mol. The predicted octanol–water partition coefficient (Wildman–Crippen LogP) is 3.75. The molecule has 2 rings (SSSR count). The first-order valence-electron chi connectivity index (χ1n) is 7.94. The Balaban J connectivity index is 2.33. The van der Waals surface area contributed by atoms with Crippen LogP contribution in [0.3, 0.4) is 0 Å². The molecule has 0 radical (unpaired) electrons. The van der Waals surface area contributed by atoms with E-state index in [1.54, 1.807) is 0 Å². The van der Waals surface area contributed by atoms with Gasteiger partial charge in [0.15, 0.2) is 0 Å². The lowest BCUT2D eigenvalue weighted by atomic mass is 10.2. The summed E-state index contributed by atoms with van der Waals surface area (Å²) >= 11 is 5.84. The predicted molar refractivity (Wildman–Crippen MR) is 101 cm³/mol. The molecule has 0 bridgehead atoms. The maximum atomic E-state index is 13.2. The molecule has 6 nitrogen and oxygen atoms in total. The Bertz CT molecular complexity index is 996. The van der Waals surface area contributed by atoms with E-state index in [1.807, 2.05) is 0 Å². The highest BCUT2D eigenvalue weighted by atomic mass is 35.5. The van der Waals surface area contributed by atoms with Crippen LogP contribution in [0.25, 0.3) is 0 Å². The number of nitrogens with one attached hydrogen (secondary N) is 1. The molecule has 0 fully saturated rings. The number of halogens is 5. The number of amides is 1. The number of carbonyl (C=O) groups excluding carboxylic acids is 1. The zero-order valence-corrected chi connectivity index (χ0v) is 16.7. The van der Waals surface area contributed by atoms with Gasteiger partial charge in [-0.3, -0.25) is 4.79 Å². The van der Waals surface area contributed by atoms with Gasteiger partial charge in [-0.1, -0.05) is 11.6 Å². The van der Waals surface area contributed by atoms with E-state index < -0.39 is 40.2 Å². The average molecular weight is 454 g/mol. The van der Waals surface area contributed by atoms with Crippen LogP contribution in [-0.4, -0.2) is 39.3 Å². The topological polar surface area (TPSA) is 69.7 Å². The lowest BCUT2D eigenvalue weighted by molar-refractivity contribution is -0.137. The van der Waals surface area contributed by atoms with Gasteiger partial charge in [0.25, 0.3) is 0 Å². The molecule has 2 aromatic rings. The summed E-state index contributed by atoms with van der Waals surface area (Å²) < 4.78 is 78.4. The van der Waals surface area contributed by atoms with E-state index >= 15 is 0 Å². The van der Waals surface area contributed by atoms with Crippen molar-refractivity contribution < 1.29 is 30.8 Å². The van der Waals surface area contributed by atoms with Crippen molar-refractivity contribution in [1.82, 2.24) is 4.31 Å². The molecule has 0 saturated carbocycles. The molecule has 0 aliphatic carbocycles. The molecule has 0 aliphatic heterocycles. The van der Waals surface area contributed by atoms with Gasteiger partial charge in [0.1, 0.15) is 12.4 Å². The SMILES string of the molecule is CN(C)S(=O)(=O)N(CC(=O)Nc1cc(C(F)(F)F)ccc1Cl)c1ccc(F)cc1. The Morgan fingerprint density at radius 3 is 2.21 bits per heavy atom. The van der Waals surface area contributed by atoms with Crippen molar-refractivity contribution in [2.75, 3.05) is 30.3 Å². The number of anilines is 2. The van der Waals surface area contributed by atoms with Crippen LogP contribution < -0.4 is 9.62 Å². The second kappa shape index (κ2) is 8.56. The van der Waals surface area contributed by atoms with Crippen LogP contribution in [0.2, 0.25) is 5.02 Å². The second-order valence-corrected chi connectivity index (χ2v) is 8.49. The third kappa shape index (κ3) is 5.58. The largest absolute Gasteiger partial charge is 0.416 e. The molecule has 0 spiro atoms. The molecule has 1 N–H and O–H groups in total. The molecule has 0 saturated heterocycles. The summed E-state index contributed by atoms with van der Waals surface area (Å²) in [6.45, 7) is -0.779. The maximum Gasteiger partial charge on any atom is 0.416 e. The van der Waals surface area contributed by atoms with Gasteiger partial charge in [-0.15, -0.1) is 0 Å². The summed E-state index contributed by atoms with van der Waals surface area (Å²) in [5.41, 5.74) is -1.37. The Labute approximate surface area is 169 Å². The zero-order valence-electron chi connectivity index (χ0n) is 15.2. The number of rotatable bonds is 6. The lowest BCUT2D eigenvalue weighted by Crippen LogP contribution is -2.44. The number of benzene rings is 2. The van der Waals surface area contributed by atoms with E-state index in [0.29, 0.717) is 10.4 Å². The van der Waals surface area contributed by atoms with Crippen LogP contribution in [0.5, 0.6) is 0 Å². The van der Waals surface area contributed by atoms with Crippen molar-refractivity contribution in [3.8, 4) is 0 Å². The Hall–Kier alpha value is -2.37. The van der Waals surface area contributed by atoms with E-state index in [-0.39, 0.29) is 16.4 Å². The summed E-state index contributed by atoms with van der Waals surface area (Å²) in [5.74, 6) is -1.56. The van der Waals surface area contributed by atoms with Gasteiger partial charge >= 0.3 is 16.4 Å². The molecule has 0 unspecified atom stereocenters. The van der Waals surface area contributed by atoms with Gasteiger partial charge in [-0.05, 0) is 42.5 Å². The average Bonchev–Trinajstić information content (AvgIpc) is 2.61. The molecule has 12 heteroatoms. The van der Waals surface area contributed by atoms with Gasteiger partial charge in [0.05, 0.1) is 22.0 Å². The van der Waals surface area contributed by atoms with Crippen LogP contribution in [0, 0.1) is 5.82 Å². The molecule has 0 aliphatic rings. The fourth-order valence-corrected chi connectivity index (χ4v) is 3.46. The number of hydrogen-bond donors (Lipinski definition) is 1. The van der Waals surface area contributed by atoms with Crippen LogP contribution in [0.15, 0.2) is 42.5 Å². The highest BCUT2D eigenvalue weighted by Crippen LogP contribution is 2.34. The number of carbonyl (C=O) groups is 1. The van der Waals surface area contributed by atoms with Crippen LogP contribution >= 0.6 is 11.6 Å². The van der Waals surface area contributed by atoms with E-state index in [4.69, 9.17) is 11.6 Å². The fourth-order valence-electron chi connectivity index (χ4n) is 2.23. The molecule has 0 atom stereocenters. The van der Waals surface area contributed by atoms with Crippen molar-refractivity contribution in [3.63, 3.8) is 0 Å². The molecule has 158 valence electrons. The van der Waals surface area contributed by atoms with Gasteiger partial charge in [-0.25, -0.2) is 8.70 Å². The maximum absolute atomic E-state index is 13.2. The number of nitrogens with zero attached hydrogens (tertiary/aromatic N) is 2. The highest BCUT2D eigenvalue weighted by Gasteiger charge is 2.32. The van der Waals surface area contributed by atoms with Crippen LogP contribution in [-0.2, 0) is 21.2 Å². The monoisotopic (exact) mass is 453 g/mol. The van der Waals surface area contributed by atoms with Crippen LogP contribution in [0.4, 0.5) is 28.9 Å². The van der Waals surface area contributed by atoms with Crippen molar-refractivity contribution in [2.45, 2.75) is 6.18 Å². The molecular formula is C17H16ClF4N3O3S. The highest BCUT2D eigenvalue weighted by molar-refractivity contribution is 7.90. The minimum Gasteiger partial charge on any atom is -0.323 e. The number of hydrogen-bond acceptors (Lipinski definition) is 3. The third-order valence-electron chi connectivity index (χ3n) is 3.71. The lowest BCUT2D eigenvalue weighted by Gasteiger charge is -2.27. The van der Waals surface area contributed by atoms with Gasteiger partial charge in [-0.2, -0.15) is 25.9 Å². The van der Waals surface area contributed by atoms with E-state index in [0.717, 1.165) is 40.7 Å². The van der Waals surface area contributed by atoms with Crippen molar-refractivity contribution in [1.29, 1.82) is 0 Å². The van der Waals surface area contributed by atoms with Crippen molar-refractivity contribution >= 4 is 39.1 Å². The normalized spacial score (nSPS) is 12.1. The molecule has 2 aromatic carbocycles. The first-order chi connectivity index (χ1) is 13.3. The fraction of sp³-hybridized carbons (Fsp3) is 0.235. The van der Waals surface area contributed by atoms with Crippen molar-refractivity contribution in [3.05, 3.63) is 58.9 Å². The quantitative estimate of drug-likeness (QED) is 0.677. The summed E-state index contributed by atoms with van der Waals surface area (Å²) in [4.78, 5) is 12.4. The third-order valence-corrected chi connectivity index (χ3v) is 5.86. The molecule has 0 aromatic heterocycles. The zero-order chi connectivity index (χ0) is 22.0. The summed E-state index contributed by atoms with van der Waals surface area (Å²) in [6.07, 6.45) is -4.65. The van der Waals surface area contributed by atoms with E-state index in [2.05, 4.69) is 5.32 Å². The Morgan fingerprint density at radius 2 is 1.69 bits per heavy atom. The second-order valence-electron chi connectivity index (χ2n) is 6.01. The number of alkyl halides is 3. The van der Waals surface area contributed by atoms with Crippen molar-refractivity contribution in [2.24, 2.45) is 0 Å². The molecule has 1 amide bonds. The summed E-state index contributed by atoms with van der Waals surface area (Å²) in [7, 11) is -1.70. The smallest absolute Gasteiger partial charge is 0.323 e. The Morgan fingerprint density at radius 1 is 1.10 bits per heavy atom. The summed E-state index contributed by atoms with van der Waals surface area (Å²) in [5, 5.41) is 2.02. The minimum absolute atomic E-state index is 0.00890. The first-order valence-corrected chi connectivity index (χ1v) is 9.72. The van der Waals surface area contributed by atoms with Gasteiger partial charge in [0, 0.05) is 14.1 Å². The van der Waals surface area contributed by atoms with Gasteiger partial charge < -0.3 is 5.32 Å². The summed E-state index contributed by atoms with van der Waals surface area (Å²) in [6, 6.07) is 6.68. The standard InChI is InChI=1S/C17H16ClF4N3O3S/c1-24(2)29(27,28)25(13-6-4-12(19)5-7-13)10-16(26)23-15-9-11(17(20,21)22)3-8-14(15)18/h3-9H,10H2,1-2H3,(H,23,26). The Kier molecular flexibility index (Phi) is 6.76. The van der Waals surface area contributed by atoms with Crippen LogP contribution in [0.1, 0.15) is 5.56 Å². The minimum atomic E-state index is -4.65. The molecule has 0 heterocycles. The molecule has 29 heavy (non-hydrogen) atoms. The first kappa shape index (κ1) is 22.9. The van der Waals surface area contributed by atoms with E-state index in [1.165, 1.54) is 14.1 Å². The van der Waals surface area contributed by atoms with E-state index in [9.17, 15) is 30.8 Å².